The maximum atomic E-state index is 5.41. The van der Waals surface area contributed by atoms with Gasteiger partial charge in [-0.15, -0.1) is 0 Å². The molecule has 0 amide bonds. The molecule has 1 spiro atoms. The van der Waals surface area contributed by atoms with Gasteiger partial charge in [0, 0.05) is 16.7 Å². The van der Waals surface area contributed by atoms with E-state index in [4.69, 9.17) is 9.98 Å². The first-order chi connectivity index (χ1) is 26.3. The van der Waals surface area contributed by atoms with Crippen LogP contribution in [-0.4, -0.2) is 11.7 Å². The van der Waals surface area contributed by atoms with Crippen molar-refractivity contribution in [3.05, 3.63) is 215 Å². The molecule has 1 atom stereocenters. The Labute approximate surface area is 306 Å². The normalized spacial score (nSPS) is 16.3. The molecular formula is C50H31N3. The molecular weight excluding hydrogens is 643 g/mol. The maximum absolute atomic E-state index is 5.41. The molecule has 53 heavy (non-hydrogen) atoms. The molecule has 9 aromatic carbocycles. The molecule has 0 aromatic heterocycles. The molecule has 9 aromatic rings. The van der Waals surface area contributed by atoms with Gasteiger partial charge in [-0.05, 0) is 82.5 Å². The summed E-state index contributed by atoms with van der Waals surface area (Å²) in [6.07, 6.45) is -0.419. The Morgan fingerprint density at radius 1 is 0.396 bits per heavy atom. The largest absolute Gasteiger partial charge is 0.324 e. The van der Waals surface area contributed by atoms with E-state index in [1.807, 2.05) is 0 Å². The number of aliphatic imine (C=N–C) groups is 2. The molecule has 1 N–H and O–H groups in total. The summed E-state index contributed by atoms with van der Waals surface area (Å²) in [5.41, 5.74) is 10.7. The van der Waals surface area contributed by atoms with Gasteiger partial charge in [0.15, 0.2) is 6.17 Å². The van der Waals surface area contributed by atoms with E-state index in [-0.39, 0.29) is 0 Å². The lowest BCUT2D eigenvalue weighted by Gasteiger charge is -2.31. The predicted octanol–water partition coefficient (Wildman–Crippen LogP) is 11.5. The average molecular weight is 674 g/mol. The quantitative estimate of drug-likeness (QED) is 0.186. The molecule has 3 heteroatoms. The lowest BCUT2D eigenvalue weighted by atomic mass is 9.70. The minimum atomic E-state index is -0.419. The molecule has 0 saturated carbocycles. The highest BCUT2D eigenvalue weighted by atomic mass is 15.2. The van der Waals surface area contributed by atoms with Crippen LogP contribution in [0.3, 0.4) is 0 Å². The third-order valence-electron chi connectivity index (χ3n) is 11.9. The summed E-state index contributed by atoms with van der Waals surface area (Å²) in [6, 6.07) is 64.2. The summed E-state index contributed by atoms with van der Waals surface area (Å²) < 4.78 is 0. The van der Waals surface area contributed by atoms with E-state index in [9.17, 15) is 0 Å². The van der Waals surface area contributed by atoms with Gasteiger partial charge >= 0.3 is 0 Å². The summed E-state index contributed by atoms with van der Waals surface area (Å²) in [4.78, 5) is 10.8. The number of hydrogen-bond donors (Lipinski definition) is 1. The number of rotatable bonds is 3. The first kappa shape index (κ1) is 28.8. The molecule has 246 valence electrons. The van der Waals surface area contributed by atoms with E-state index in [1.165, 1.54) is 71.1 Å². The fraction of sp³-hybridized carbons (Fsp3) is 0.0400. The summed E-state index contributed by atoms with van der Waals surface area (Å²) >= 11 is 0. The Morgan fingerprint density at radius 3 is 1.74 bits per heavy atom. The minimum absolute atomic E-state index is 0.393. The number of amidine groups is 2. The van der Waals surface area contributed by atoms with Crippen molar-refractivity contribution in [3.63, 3.8) is 0 Å². The van der Waals surface area contributed by atoms with Gasteiger partial charge in [-0.25, -0.2) is 9.98 Å². The van der Waals surface area contributed by atoms with Gasteiger partial charge in [-0.1, -0.05) is 170 Å². The fourth-order valence-corrected chi connectivity index (χ4v) is 9.72. The molecule has 0 saturated heterocycles. The molecule has 0 radical (unpaired) electrons. The number of benzene rings is 9. The molecule has 0 fully saturated rings. The average Bonchev–Trinajstić information content (AvgIpc) is 3.70. The van der Waals surface area contributed by atoms with Crippen LogP contribution in [0.15, 0.2) is 186 Å². The van der Waals surface area contributed by atoms with Crippen molar-refractivity contribution in [2.24, 2.45) is 9.98 Å². The molecule has 3 aliphatic rings. The number of hydrogen-bond acceptors (Lipinski definition) is 3. The molecule has 1 aliphatic heterocycles. The Morgan fingerprint density at radius 2 is 0.943 bits per heavy atom. The molecule has 2 aliphatic carbocycles. The van der Waals surface area contributed by atoms with E-state index in [1.54, 1.807) is 0 Å². The van der Waals surface area contributed by atoms with Crippen LogP contribution in [0.1, 0.15) is 45.1 Å². The molecule has 3 nitrogen and oxygen atoms in total. The third kappa shape index (κ3) is 3.83. The zero-order chi connectivity index (χ0) is 34.7. The van der Waals surface area contributed by atoms with Gasteiger partial charge in [0.05, 0.1) is 5.41 Å². The van der Waals surface area contributed by atoms with Gasteiger partial charge in [-0.3, -0.25) is 0 Å². The Balaban J connectivity index is 1.08. The van der Waals surface area contributed by atoms with Crippen molar-refractivity contribution in [1.29, 1.82) is 0 Å². The van der Waals surface area contributed by atoms with Crippen LogP contribution >= 0.6 is 0 Å². The molecule has 1 heterocycles. The van der Waals surface area contributed by atoms with E-state index < -0.39 is 11.6 Å². The fourth-order valence-electron chi connectivity index (χ4n) is 9.72. The van der Waals surface area contributed by atoms with Gasteiger partial charge < -0.3 is 5.32 Å². The van der Waals surface area contributed by atoms with Gasteiger partial charge in [-0.2, -0.15) is 0 Å². The van der Waals surface area contributed by atoms with Crippen molar-refractivity contribution in [1.82, 2.24) is 5.32 Å². The second-order valence-corrected chi connectivity index (χ2v) is 14.5. The topological polar surface area (TPSA) is 36.8 Å². The minimum Gasteiger partial charge on any atom is -0.324 e. The zero-order valence-corrected chi connectivity index (χ0v) is 28.7. The highest BCUT2D eigenvalue weighted by Gasteiger charge is 2.50. The summed E-state index contributed by atoms with van der Waals surface area (Å²) in [6.45, 7) is 0. The zero-order valence-electron chi connectivity index (χ0n) is 28.7. The van der Waals surface area contributed by atoms with Gasteiger partial charge in [0.1, 0.15) is 11.7 Å². The first-order valence-electron chi connectivity index (χ1n) is 18.4. The van der Waals surface area contributed by atoms with Crippen LogP contribution in [0.5, 0.6) is 0 Å². The van der Waals surface area contributed by atoms with Crippen LogP contribution < -0.4 is 5.32 Å². The smallest absolute Gasteiger partial charge is 0.170 e. The summed E-state index contributed by atoms with van der Waals surface area (Å²) in [5.74, 6) is 1.65. The van der Waals surface area contributed by atoms with E-state index in [0.29, 0.717) is 0 Å². The second kappa shape index (κ2) is 10.6. The third-order valence-corrected chi connectivity index (χ3v) is 11.9. The lowest BCUT2D eigenvalue weighted by molar-refractivity contribution is 0.762. The van der Waals surface area contributed by atoms with E-state index >= 15 is 0 Å². The van der Waals surface area contributed by atoms with Crippen LogP contribution in [-0.2, 0) is 5.41 Å². The van der Waals surface area contributed by atoms with E-state index in [0.717, 1.165) is 33.7 Å². The highest BCUT2D eigenvalue weighted by molar-refractivity contribution is 6.21. The Bertz CT molecular complexity index is 3040. The van der Waals surface area contributed by atoms with Crippen LogP contribution in [0.2, 0.25) is 0 Å². The standard InChI is InChI=1S/C50H31N3/c1-3-17-35-30(11-1)13-7-20-38(35)48-51-47(52-49(53-48)39-21-8-14-31-12-2-4-18-36(31)39)34-27-28-42-40(29-34)37-19-5-6-22-41(37)50(42)43-23-9-15-32-25-26-33-16-10-24-44(50)46(33)45(32)43/h1-29,48H,(H,51,52,53). The SMILES string of the molecule is c1ccc2c(c1)-c1cc(C3=NC(c4cccc5ccccc45)N=C(c4cccc5ccccc45)N3)ccc1C21c2cccc3ccc4cccc1c4c23. The van der Waals surface area contributed by atoms with Crippen molar-refractivity contribution < 1.29 is 0 Å². The number of nitrogens with zero attached hydrogens (tertiary/aromatic N) is 2. The molecule has 1 unspecified atom stereocenters. The lowest BCUT2D eigenvalue weighted by Crippen LogP contribution is -2.36. The van der Waals surface area contributed by atoms with Crippen molar-refractivity contribution in [2.45, 2.75) is 11.6 Å². The number of fused-ring (bicyclic) bond motifs is 9. The summed E-state index contributed by atoms with van der Waals surface area (Å²) in [5, 5.41) is 13.8. The Hall–Kier alpha value is -6.84. The predicted molar refractivity (Wildman–Crippen MR) is 219 cm³/mol. The van der Waals surface area contributed by atoms with Crippen LogP contribution in [0, 0.1) is 0 Å². The molecule has 12 rings (SSSR count). The van der Waals surface area contributed by atoms with Crippen LogP contribution in [0.4, 0.5) is 0 Å². The van der Waals surface area contributed by atoms with Crippen LogP contribution in [0.25, 0.3) is 54.2 Å². The van der Waals surface area contributed by atoms with E-state index in [2.05, 4.69) is 181 Å². The number of nitrogens with one attached hydrogen (secondary N) is 1. The van der Waals surface area contributed by atoms with Gasteiger partial charge in [0.2, 0.25) is 0 Å². The van der Waals surface area contributed by atoms with Gasteiger partial charge in [0.25, 0.3) is 0 Å². The highest BCUT2D eigenvalue weighted by Crippen LogP contribution is 2.62. The first-order valence-corrected chi connectivity index (χ1v) is 18.4. The Kier molecular flexibility index (Phi) is 5.76. The van der Waals surface area contributed by atoms with Crippen molar-refractivity contribution in [2.75, 3.05) is 0 Å². The monoisotopic (exact) mass is 673 g/mol. The molecule has 0 bridgehead atoms. The second-order valence-electron chi connectivity index (χ2n) is 14.5. The van der Waals surface area contributed by atoms with Crippen molar-refractivity contribution >= 4 is 54.8 Å². The summed E-state index contributed by atoms with van der Waals surface area (Å²) in [7, 11) is 0. The van der Waals surface area contributed by atoms with Crippen molar-refractivity contribution in [3.8, 4) is 11.1 Å². The maximum Gasteiger partial charge on any atom is 0.170 e.